The molecule has 2 atom stereocenters. The maximum absolute atomic E-state index is 12.9. The zero-order valence-corrected chi connectivity index (χ0v) is 12.6. The molecule has 126 valence electrons. The van der Waals surface area contributed by atoms with Gasteiger partial charge in [-0.3, -0.25) is 9.78 Å². The molecule has 0 spiro atoms. The van der Waals surface area contributed by atoms with Crippen molar-refractivity contribution in [3.63, 3.8) is 0 Å². The number of halogens is 3. The zero-order valence-electron chi connectivity index (χ0n) is 12.6. The summed E-state index contributed by atoms with van der Waals surface area (Å²) in [5, 5.41) is 9.92. The first-order valence-electron chi connectivity index (χ1n) is 7.42. The van der Waals surface area contributed by atoms with Crippen LogP contribution in [0.4, 0.5) is 13.2 Å². The number of aliphatic hydroxyl groups excluding tert-OH is 1. The Kier molecular flexibility index (Phi) is 4.28. The molecule has 1 amide bonds. The zero-order chi connectivity index (χ0) is 17.3. The number of nitrogens with zero attached hydrogens (tertiary/aromatic N) is 2. The van der Waals surface area contributed by atoms with E-state index in [-0.39, 0.29) is 18.9 Å². The second kappa shape index (κ2) is 6.24. The van der Waals surface area contributed by atoms with Crippen molar-refractivity contribution >= 4 is 5.91 Å². The molecule has 0 aliphatic carbocycles. The topological polar surface area (TPSA) is 53.4 Å². The summed E-state index contributed by atoms with van der Waals surface area (Å²) in [6.07, 6.45) is -2.10. The normalized spacial score (nSPS) is 21.1. The smallest absolute Gasteiger partial charge is 0.391 e. The predicted molar refractivity (Wildman–Crippen MR) is 80.1 cm³/mol. The number of hydrogen-bond donors (Lipinski definition) is 1. The molecule has 0 bridgehead atoms. The van der Waals surface area contributed by atoms with Crippen LogP contribution in [0.15, 0.2) is 48.8 Å². The van der Waals surface area contributed by atoms with E-state index in [0.29, 0.717) is 11.1 Å². The number of aromatic nitrogens is 1. The lowest BCUT2D eigenvalue weighted by molar-refractivity contribution is -0.137. The highest BCUT2D eigenvalue weighted by molar-refractivity contribution is 5.94. The molecule has 1 fully saturated rings. The Balaban J connectivity index is 1.93. The molecular weight excluding hydrogens is 321 g/mol. The van der Waals surface area contributed by atoms with E-state index < -0.39 is 23.9 Å². The Labute approximate surface area is 136 Å². The summed E-state index contributed by atoms with van der Waals surface area (Å²) in [7, 11) is 0. The van der Waals surface area contributed by atoms with Crippen molar-refractivity contribution in [2.24, 2.45) is 0 Å². The van der Waals surface area contributed by atoms with Crippen molar-refractivity contribution in [2.45, 2.75) is 24.7 Å². The number of aliphatic hydroxyl groups is 1. The number of amides is 1. The summed E-state index contributed by atoms with van der Waals surface area (Å²) >= 11 is 0. The van der Waals surface area contributed by atoms with Crippen LogP contribution in [0.25, 0.3) is 0 Å². The summed E-state index contributed by atoms with van der Waals surface area (Å²) in [6, 6.07) is 7.48. The van der Waals surface area contributed by atoms with Crippen LogP contribution in [0, 0.1) is 0 Å². The molecule has 1 saturated heterocycles. The van der Waals surface area contributed by atoms with Crippen molar-refractivity contribution in [1.82, 2.24) is 9.88 Å². The highest BCUT2D eigenvalue weighted by atomic mass is 19.4. The fourth-order valence-corrected chi connectivity index (χ4v) is 2.93. The summed E-state index contributed by atoms with van der Waals surface area (Å²) in [6.45, 7) is 0.0780. The van der Waals surface area contributed by atoms with Gasteiger partial charge in [-0.05, 0) is 36.2 Å². The van der Waals surface area contributed by atoms with Crippen molar-refractivity contribution in [3.8, 4) is 0 Å². The van der Waals surface area contributed by atoms with Gasteiger partial charge in [0.25, 0.3) is 5.91 Å². The Bertz CT molecular complexity index is 734. The average Bonchev–Trinajstić information content (AvgIpc) is 2.96. The third-order valence-electron chi connectivity index (χ3n) is 4.05. The third-order valence-corrected chi connectivity index (χ3v) is 4.05. The van der Waals surface area contributed by atoms with E-state index >= 15 is 0 Å². The minimum absolute atomic E-state index is 0.0780. The number of pyridine rings is 1. The minimum Gasteiger partial charge on any atom is -0.391 e. The van der Waals surface area contributed by atoms with Crippen molar-refractivity contribution < 1.29 is 23.1 Å². The van der Waals surface area contributed by atoms with E-state index in [0.717, 1.165) is 12.1 Å². The molecule has 2 aromatic rings. The van der Waals surface area contributed by atoms with Gasteiger partial charge in [-0.25, -0.2) is 0 Å². The van der Waals surface area contributed by atoms with E-state index in [2.05, 4.69) is 4.98 Å². The predicted octanol–water partition coefficient (Wildman–Crippen LogP) is 3.05. The van der Waals surface area contributed by atoms with Crippen LogP contribution in [0.2, 0.25) is 0 Å². The number of likely N-dealkylation sites (tertiary alicyclic amines) is 1. The Morgan fingerprint density at radius 1 is 1.25 bits per heavy atom. The van der Waals surface area contributed by atoms with E-state index in [1.165, 1.54) is 23.4 Å². The van der Waals surface area contributed by atoms with Gasteiger partial charge in [0.15, 0.2) is 0 Å². The molecule has 1 aliphatic rings. The standard InChI is InChI=1S/C17H15F3N2O2/c18-17(19,20)13-5-1-3-11(7-13)15-8-14(23)10-22(15)16(24)12-4-2-6-21-9-12/h1-7,9,14-15,23H,8,10H2/t14-,15+/m0/s1. The van der Waals surface area contributed by atoms with Gasteiger partial charge < -0.3 is 10.0 Å². The average molecular weight is 336 g/mol. The van der Waals surface area contributed by atoms with Crippen molar-refractivity contribution in [3.05, 3.63) is 65.5 Å². The maximum Gasteiger partial charge on any atom is 0.416 e. The molecule has 0 unspecified atom stereocenters. The maximum atomic E-state index is 12.9. The number of hydrogen-bond acceptors (Lipinski definition) is 3. The Morgan fingerprint density at radius 3 is 2.71 bits per heavy atom. The van der Waals surface area contributed by atoms with Crippen LogP contribution in [-0.4, -0.2) is 33.5 Å². The van der Waals surface area contributed by atoms with E-state index in [1.807, 2.05) is 0 Å². The molecule has 1 aromatic heterocycles. The molecular formula is C17H15F3N2O2. The van der Waals surface area contributed by atoms with Crippen LogP contribution in [0.1, 0.15) is 33.9 Å². The number of carbonyl (C=O) groups excluding carboxylic acids is 1. The first-order chi connectivity index (χ1) is 11.4. The first kappa shape index (κ1) is 16.4. The van der Waals surface area contributed by atoms with Crippen LogP contribution in [-0.2, 0) is 6.18 Å². The van der Waals surface area contributed by atoms with E-state index in [1.54, 1.807) is 18.2 Å². The highest BCUT2D eigenvalue weighted by Gasteiger charge is 2.37. The van der Waals surface area contributed by atoms with Crippen molar-refractivity contribution in [2.75, 3.05) is 6.54 Å². The molecule has 24 heavy (non-hydrogen) atoms. The molecule has 0 saturated carbocycles. The summed E-state index contributed by atoms with van der Waals surface area (Å²) in [5.74, 6) is -0.359. The number of β-amino-alcohol motifs (C(OH)–C–C–N with tert-alkyl or cyclic N) is 1. The third kappa shape index (κ3) is 3.26. The highest BCUT2D eigenvalue weighted by Crippen LogP contribution is 2.36. The van der Waals surface area contributed by atoms with Crippen LogP contribution >= 0.6 is 0 Å². The monoisotopic (exact) mass is 336 g/mol. The fraction of sp³-hybridized carbons (Fsp3) is 0.294. The second-order valence-corrected chi connectivity index (χ2v) is 5.73. The summed E-state index contributed by atoms with van der Waals surface area (Å²) < 4.78 is 38.7. The number of alkyl halides is 3. The molecule has 1 aliphatic heterocycles. The molecule has 3 rings (SSSR count). The molecule has 1 N–H and O–H groups in total. The van der Waals surface area contributed by atoms with Gasteiger partial charge in [-0.15, -0.1) is 0 Å². The molecule has 0 radical (unpaired) electrons. The summed E-state index contributed by atoms with van der Waals surface area (Å²) in [4.78, 5) is 17.9. The lowest BCUT2D eigenvalue weighted by Gasteiger charge is -2.25. The fourth-order valence-electron chi connectivity index (χ4n) is 2.93. The molecule has 4 nitrogen and oxygen atoms in total. The van der Waals surface area contributed by atoms with Gasteiger partial charge in [-0.2, -0.15) is 13.2 Å². The SMILES string of the molecule is O=C(c1cccnc1)N1C[C@@H](O)C[C@@H]1c1cccc(C(F)(F)F)c1. The van der Waals surface area contributed by atoms with Gasteiger partial charge >= 0.3 is 6.18 Å². The largest absolute Gasteiger partial charge is 0.416 e. The number of rotatable bonds is 2. The van der Waals surface area contributed by atoms with Gasteiger partial charge in [0, 0.05) is 18.9 Å². The Hall–Kier alpha value is -2.41. The van der Waals surface area contributed by atoms with Gasteiger partial charge in [0.05, 0.1) is 23.3 Å². The van der Waals surface area contributed by atoms with E-state index in [9.17, 15) is 23.1 Å². The van der Waals surface area contributed by atoms with Crippen LogP contribution in [0.3, 0.4) is 0 Å². The molecule has 7 heteroatoms. The van der Waals surface area contributed by atoms with Crippen molar-refractivity contribution in [1.29, 1.82) is 0 Å². The Morgan fingerprint density at radius 2 is 2.04 bits per heavy atom. The summed E-state index contributed by atoms with van der Waals surface area (Å²) in [5.41, 5.74) is -0.0719. The second-order valence-electron chi connectivity index (χ2n) is 5.73. The van der Waals surface area contributed by atoms with Crippen LogP contribution < -0.4 is 0 Å². The van der Waals surface area contributed by atoms with Crippen LogP contribution in [0.5, 0.6) is 0 Å². The first-order valence-corrected chi connectivity index (χ1v) is 7.42. The van der Waals surface area contributed by atoms with E-state index in [4.69, 9.17) is 0 Å². The quantitative estimate of drug-likeness (QED) is 0.917. The van der Waals surface area contributed by atoms with Gasteiger partial charge in [-0.1, -0.05) is 12.1 Å². The molecule has 2 heterocycles. The van der Waals surface area contributed by atoms with Gasteiger partial charge in [0.1, 0.15) is 0 Å². The minimum atomic E-state index is -4.45. The number of benzene rings is 1. The molecule has 1 aromatic carbocycles. The lowest BCUT2D eigenvalue weighted by Crippen LogP contribution is -2.32. The lowest BCUT2D eigenvalue weighted by atomic mass is 10.0. The van der Waals surface area contributed by atoms with Gasteiger partial charge in [0.2, 0.25) is 0 Å². The number of carbonyl (C=O) groups is 1.